The van der Waals surface area contributed by atoms with Crippen LogP contribution in [0.15, 0.2) is 34.3 Å². The van der Waals surface area contributed by atoms with E-state index in [1.54, 1.807) is 6.08 Å². The average Bonchev–Trinajstić information content (AvgIpc) is 3.25. The summed E-state index contributed by atoms with van der Waals surface area (Å²) in [5.74, 6) is 0.399. The Bertz CT molecular complexity index is 808. The number of furan rings is 1. The zero-order valence-electron chi connectivity index (χ0n) is 13.7. The van der Waals surface area contributed by atoms with Gasteiger partial charge in [-0.2, -0.15) is 5.26 Å². The van der Waals surface area contributed by atoms with E-state index in [1.807, 2.05) is 37.3 Å². The molecule has 2 heterocycles. The highest BCUT2D eigenvalue weighted by Crippen LogP contribution is 2.28. The maximum absolute atomic E-state index is 12.3. The fourth-order valence-corrected chi connectivity index (χ4v) is 2.94. The average molecular weight is 324 g/mol. The Kier molecular flexibility index (Phi) is 4.97. The molecule has 5 nitrogen and oxygen atoms in total. The van der Waals surface area contributed by atoms with E-state index < -0.39 is 0 Å². The second-order valence-corrected chi connectivity index (χ2v) is 5.80. The van der Waals surface area contributed by atoms with Gasteiger partial charge < -0.3 is 14.5 Å². The van der Waals surface area contributed by atoms with Crippen molar-refractivity contribution in [2.75, 3.05) is 13.2 Å². The first kappa shape index (κ1) is 16.3. The minimum atomic E-state index is -0.375. The van der Waals surface area contributed by atoms with Crippen molar-refractivity contribution in [2.24, 2.45) is 0 Å². The van der Waals surface area contributed by atoms with Crippen molar-refractivity contribution in [3.63, 3.8) is 0 Å². The Morgan fingerprint density at radius 1 is 1.46 bits per heavy atom. The van der Waals surface area contributed by atoms with E-state index in [4.69, 9.17) is 9.15 Å². The molecule has 0 spiro atoms. The molecule has 0 radical (unpaired) electrons. The van der Waals surface area contributed by atoms with E-state index in [9.17, 15) is 10.1 Å². The number of ether oxygens (including phenoxy) is 1. The van der Waals surface area contributed by atoms with Crippen molar-refractivity contribution in [3.05, 3.63) is 41.2 Å². The summed E-state index contributed by atoms with van der Waals surface area (Å²) in [5.41, 5.74) is 1.64. The lowest BCUT2D eigenvalue weighted by atomic mass is 10.1. The smallest absolute Gasteiger partial charge is 0.262 e. The number of nitrogens with zero attached hydrogens (tertiary/aromatic N) is 1. The second-order valence-electron chi connectivity index (χ2n) is 5.80. The van der Waals surface area contributed by atoms with Crippen LogP contribution >= 0.6 is 0 Å². The third-order valence-electron chi connectivity index (χ3n) is 4.20. The largest absolute Gasteiger partial charge is 0.460 e. The van der Waals surface area contributed by atoms with Gasteiger partial charge in [0, 0.05) is 30.5 Å². The lowest BCUT2D eigenvalue weighted by molar-refractivity contribution is -0.117. The number of carbonyl (C=O) groups is 1. The van der Waals surface area contributed by atoms with E-state index >= 15 is 0 Å². The lowest BCUT2D eigenvalue weighted by Crippen LogP contribution is -2.32. The number of rotatable bonds is 5. The van der Waals surface area contributed by atoms with Gasteiger partial charge in [0.25, 0.3) is 5.91 Å². The van der Waals surface area contributed by atoms with Crippen LogP contribution in [0.3, 0.4) is 0 Å². The molecule has 0 saturated carbocycles. The summed E-state index contributed by atoms with van der Waals surface area (Å²) in [6.45, 7) is 3.16. The molecule has 1 atom stereocenters. The van der Waals surface area contributed by atoms with Gasteiger partial charge in [-0.15, -0.1) is 0 Å². The number of nitrogens with one attached hydrogen (secondary N) is 1. The maximum atomic E-state index is 12.3. The molecule has 124 valence electrons. The molecule has 1 aliphatic heterocycles. The molecule has 24 heavy (non-hydrogen) atoms. The maximum Gasteiger partial charge on any atom is 0.262 e. The first-order chi connectivity index (χ1) is 11.7. The van der Waals surface area contributed by atoms with Gasteiger partial charge in [0.15, 0.2) is 0 Å². The van der Waals surface area contributed by atoms with Crippen LogP contribution in [0.2, 0.25) is 0 Å². The molecule has 1 aliphatic rings. The number of amides is 1. The van der Waals surface area contributed by atoms with E-state index in [0.717, 1.165) is 41.7 Å². The molecule has 0 bridgehead atoms. The van der Waals surface area contributed by atoms with Crippen LogP contribution in [-0.2, 0) is 16.0 Å². The van der Waals surface area contributed by atoms with Gasteiger partial charge in [-0.05, 0) is 25.0 Å². The molecule has 1 N–H and O–H groups in total. The number of nitriles is 1. The highest BCUT2D eigenvalue weighted by atomic mass is 16.5. The van der Waals surface area contributed by atoms with Crippen molar-refractivity contribution in [1.29, 1.82) is 5.26 Å². The molecular weight excluding hydrogens is 304 g/mol. The van der Waals surface area contributed by atoms with Crippen LogP contribution in [0.1, 0.15) is 31.1 Å². The zero-order chi connectivity index (χ0) is 16.9. The van der Waals surface area contributed by atoms with E-state index in [-0.39, 0.29) is 17.6 Å². The van der Waals surface area contributed by atoms with Crippen molar-refractivity contribution in [2.45, 2.75) is 32.3 Å². The molecule has 1 amide bonds. The van der Waals surface area contributed by atoms with Crippen LogP contribution in [0, 0.1) is 11.3 Å². The molecule has 0 aliphatic carbocycles. The van der Waals surface area contributed by atoms with Gasteiger partial charge in [-0.25, -0.2) is 0 Å². The number of fused-ring (bicyclic) bond motifs is 1. The summed E-state index contributed by atoms with van der Waals surface area (Å²) in [5, 5.41) is 13.1. The Labute approximate surface area is 140 Å². The fourth-order valence-electron chi connectivity index (χ4n) is 2.94. The minimum Gasteiger partial charge on any atom is -0.460 e. The summed E-state index contributed by atoms with van der Waals surface area (Å²) in [7, 11) is 0. The lowest BCUT2D eigenvalue weighted by Gasteiger charge is -2.10. The molecule has 3 rings (SSSR count). The second kappa shape index (κ2) is 7.33. The summed E-state index contributed by atoms with van der Waals surface area (Å²) < 4.78 is 11.3. The molecule has 5 heteroatoms. The van der Waals surface area contributed by atoms with Crippen molar-refractivity contribution >= 4 is 23.0 Å². The van der Waals surface area contributed by atoms with Crippen LogP contribution in [0.5, 0.6) is 0 Å². The molecule has 2 aromatic rings. The molecular formula is C19H20N2O3. The highest BCUT2D eigenvalue weighted by Gasteiger charge is 2.19. The Balaban J connectivity index is 1.84. The van der Waals surface area contributed by atoms with Crippen LogP contribution in [0.25, 0.3) is 17.0 Å². The van der Waals surface area contributed by atoms with Gasteiger partial charge >= 0.3 is 0 Å². The summed E-state index contributed by atoms with van der Waals surface area (Å²) >= 11 is 0. The van der Waals surface area contributed by atoms with E-state index in [0.29, 0.717) is 13.0 Å². The molecule has 0 unspecified atom stereocenters. The van der Waals surface area contributed by atoms with E-state index in [1.165, 1.54) is 0 Å². The number of benzene rings is 1. The van der Waals surface area contributed by atoms with Gasteiger partial charge in [-0.1, -0.05) is 25.1 Å². The topological polar surface area (TPSA) is 75.3 Å². The van der Waals surface area contributed by atoms with Crippen molar-refractivity contribution in [1.82, 2.24) is 5.32 Å². The van der Waals surface area contributed by atoms with Gasteiger partial charge in [0.2, 0.25) is 0 Å². The molecule has 1 aromatic heterocycles. The predicted octanol–water partition coefficient (Wildman–Crippen LogP) is 3.20. The first-order valence-corrected chi connectivity index (χ1v) is 8.25. The molecule has 1 aromatic carbocycles. The SMILES string of the molecule is CCc1oc2ccccc2c1/C=C(\C#N)C(=O)NC[C@H]1CCCO1. The number of carbonyl (C=O) groups excluding carboxylic acids is 1. The molecule has 1 saturated heterocycles. The number of hydrogen-bond acceptors (Lipinski definition) is 4. The first-order valence-electron chi connectivity index (χ1n) is 8.25. The summed E-state index contributed by atoms with van der Waals surface area (Å²) in [6, 6.07) is 9.63. The fraction of sp³-hybridized carbons (Fsp3) is 0.368. The predicted molar refractivity (Wildman–Crippen MR) is 91.2 cm³/mol. The third kappa shape index (κ3) is 3.34. The summed E-state index contributed by atoms with van der Waals surface area (Å²) in [4.78, 5) is 12.3. The van der Waals surface area contributed by atoms with Crippen LogP contribution < -0.4 is 5.32 Å². The van der Waals surface area contributed by atoms with Gasteiger partial charge in [0.05, 0.1) is 6.10 Å². The minimum absolute atomic E-state index is 0.0508. The van der Waals surface area contributed by atoms with Crippen molar-refractivity contribution < 1.29 is 13.9 Å². The number of hydrogen-bond donors (Lipinski definition) is 1. The Hall–Kier alpha value is -2.58. The highest BCUT2D eigenvalue weighted by molar-refractivity contribution is 6.04. The van der Waals surface area contributed by atoms with Gasteiger partial charge in [-0.3, -0.25) is 4.79 Å². The standard InChI is InChI=1S/C19H20N2O3/c1-2-17-16(15-7-3-4-8-18(15)24-17)10-13(11-20)19(22)21-12-14-6-5-9-23-14/h3-4,7-8,10,14H,2,5-6,9,12H2,1H3,(H,21,22)/b13-10+/t14-/m1/s1. The Morgan fingerprint density at radius 3 is 3.00 bits per heavy atom. The molecule has 1 fully saturated rings. The van der Waals surface area contributed by atoms with Crippen molar-refractivity contribution in [3.8, 4) is 6.07 Å². The summed E-state index contributed by atoms with van der Waals surface area (Å²) in [6.07, 6.45) is 4.32. The quantitative estimate of drug-likeness (QED) is 0.677. The number of aryl methyl sites for hydroxylation is 1. The number of para-hydroxylation sites is 1. The zero-order valence-corrected chi connectivity index (χ0v) is 13.7. The third-order valence-corrected chi connectivity index (χ3v) is 4.20. The monoisotopic (exact) mass is 324 g/mol. The van der Waals surface area contributed by atoms with Gasteiger partial charge in [0.1, 0.15) is 23.0 Å². The normalized spacial score (nSPS) is 17.8. The van der Waals surface area contributed by atoms with E-state index in [2.05, 4.69) is 5.32 Å². The van der Waals surface area contributed by atoms with Crippen LogP contribution in [-0.4, -0.2) is 25.2 Å². The Morgan fingerprint density at radius 2 is 2.29 bits per heavy atom. The van der Waals surface area contributed by atoms with Crippen LogP contribution in [0.4, 0.5) is 0 Å².